The van der Waals surface area contributed by atoms with Gasteiger partial charge in [-0.15, -0.1) is 0 Å². The first-order chi connectivity index (χ1) is 14.0. The second-order valence-electron chi connectivity index (χ2n) is 7.93. The number of H-pyrrole nitrogens is 1. The molecule has 7 heteroatoms. The maximum absolute atomic E-state index is 13.5. The minimum Gasteiger partial charge on any atom is -0.377 e. The van der Waals surface area contributed by atoms with Crippen LogP contribution in [0.4, 0.5) is 4.39 Å². The molecule has 1 aromatic carbocycles. The zero-order valence-corrected chi connectivity index (χ0v) is 17.8. The average molecular weight is 404 g/mol. The largest absolute Gasteiger partial charge is 0.377 e. The molecule has 2 heterocycles. The van der Waals surface area contributed by atoms with Crippen molar-refractivity contribution >= 4 is 16.9 Å². The van der Waals surface area contributed by atoms with Crippen molar-refractivity contribution in [2.24, 2.45) is 4.99 Å². The highest BCUT2D eigenvalue weighted by Gasteiger charge is 2.19. The summed E-state index contributed by atoms with van der Waals surface area (Å²) in [4.78, 5) is 10.0. The van der Waals surface area contributed by atoms with Crippen molar-refractivity contribution in [3.8, 4) is 0 Å². The summed E-state index contributed by atoms with van der Waals surface area (Å²) in [6, 6.07) is 5.29. The second kappa shape index (κ2) is 10.6. The van der Waals surface area contributed by atoms with Gasteiger partial charge in [-0.2, -0.15) is 0 Å². The maximum atomic E-state index is 13.5. The zero-order chi connectivity index (χ0) is 20.6. The fourth-order valence-electron chi connectivity index (χ4n) is 3.78. The van der Waals surface area contributed by atoms with Crippen molar-refractivity contribution in [1.29, 1.82) is 0 Å². The van der Waals surface area contributed by atoms with Crippen molar-refractivity contribution in [1.82, 2.24) is 20.5 Å². The lowest BCUT2D eigenvalue weighted by atomic mass is 10.1. The first-order valence-electron chi connectivity index (χ1n) is 10.6. The molecule has 0 radical (unpaired) electrons. The lowest BCUT2D eigenvalue weighted by molar-refractivity contribution is 0.0532. The molecule has 29 heavy (non-hydrogen) atoms. The van der Waals surface area contributed by atoms with E-state index in [4.69, 9.17) is 4.74 Å². The molecule has 160 valence electrons. The van der Waals surface area contributed by atoms with Gasteiger partial charge in [0.25, 0.3) is 0 Å². The number of guanidine groups is 1. The summed E-state index contributed by atoms with van der Waals surface area (Å²) < 4.78 is 19.2. The van der Waals surface area contributed by atoms with Gasteiger partial charge in [-0.25, -0.2) is 4.39 Å². The molecule has 0 unspecified atom stereocenters. The van der Waals surface area contributed by atoms with E-state index in [1.807, 2.05) is 6.20 Å². The molecule has 0 aliphatic carbocycles. The van der Waals surface area contributed by atoms with E-state index < -0.39 is 0 Å². The van der Waals surface area contributed by atoms with Gasteiger partial charge in [0.05, 0.1) is 12.7 Å². The summed E-state index contributed by atoms with van der Waals surface area (Å²) in [6.07, 6.45) is 5.26. The summed E-state index contributed by atoms with van der Waals surface area (Å²) in [5, 5.41) is 7.88. The van der Waals surface area contributed by atoms with Crippen LogP contribution in [0.25, 0.3) is 10.9 Å². The molecule has 1 aromatic heterocycles. The Balaban J connectivity index is 1.39. The monoisotopic (exact) mass is 403 g/mol. The lowest BCUT2D eigenvalue weighted by Gasteiger charge is -2.33. The van der Waals surface area contributed by atoms with Gasteiger partial charge in [0.15, 0.2) is 5.96 Å². The van der Waals surface area contributed by atoms with Gasteiger partial charge in [0.1, 0.15) is 5.82 Å². The Bertz CT molecular complexity index is 796. The van der Waals surface area contributed by atoms with Crippen molar-refractivity contribution in [2.75, 3.05) is 39.8 Å². The highest BCUT2D eigenvalue weighted by molar-refractivity contribution is 5.83. The molecule has 1 aliphatic rings. The number of ether oxygens (including phenoxy) is 1. The van der Waals surface area contributed by atoms with E-state index in [1.54, 1.807) is 19.2 Å². The number of fused-ring (bicyclic) bond motifs is 1. The van der Waals surface area contributed by atoms with Gasteiger partial charge in [0, 0.05) is 56.4 Å². The fourth-order valence-corrected chi connectivity index (χ4v) is 3.78. The van der Waals surface area contributed by atoms with Crippen LogP contribution in [-0.2, 0) is 11.2 Å². The molecule has 1 fully saturated rings. The average Bonchev–Trinajstić information content (AvgIpc) is 3.10. The van der Waals surface area contributed by atoms with Gasteiger partial charge in [0.2, 0.25) is 0 Å². The molecule has 0 amide bonds. The molecule has 0 atom stereocenters. The third kappa shape index (κ3) is 6.44. The highest BCUT2D eigenvalue weighted by atomic mass is 19.1. The van der Waals surface area contributed by atoms with E-state index in [-0.39, 0.29) is 5.82 Å². The van der Waals surface area contributed by atoms with Gasteiger partial charge in [-0.1, -0.05) is 0 Å². The molecule has 0 saturated carbocycles. The molecule has 0 spiro atoms. The summed E-state index contributed by atoms with van der Waals surface area (Å²) in [5.74, 6) is 0.628. The lowest BCUT2D eigenvalue weighted by Crippen LogP contribution is -2.49. The van der Waals surface area contributed by atoms with Crippen LogP contribution in [-0.4, -0.2) is 67.8 Å². The topological polar surface area (TPSA) is 64.7 Å². The van der Waals surface area contributed by atoms with Crippen LogP contribution in [0.1, 0.15) is 32.3 Å². The Labute approximate surface area is 172 Å². The number of hydrogen-bond donors (Lipinski definition) is 3. The third-order valence-corrected chi connectivity index (χ3v) is 5.43. The van der Waals surface area contributed by atoms with Crippen LogP contribution in [0, 0.1) is 5.82 Å². The van der Waals surface area contributed by atoms with Crippen molar-refractivity contribution in [2.45, 2.75) is 45.3 Å². The molecule has 2 aromatic rings. The number of benzene rings is 1. The number of hydrogen-bond acceptors (Lipinski definition) is 3. The first-order valence-corrected chi connectivity index (χ1v) is 10.6. The van der Waals surface area contributed by atoms with E-state index in [9.17, 15) is 4.39 Å². The van der Waals surface area contributed by atoms with Crippen molar-refractivity contribution in [3.63, 3.8) is 0 Å². The number of nitrogens with zero attached hydrogens (tertiary/aromatic N) is 2. The number of rotatable bonds is 8. The predicted octanol–water partition coefficient (Wildman–Crippen LogP) is 2.90. The second-order valence-corrected chi connectivity index (χ2v) is 7.93. The smallest absolute Gasteiger partial charge is 0.191 e. The van der Waals surface area contributed by atoms with Crippen LogP contribution >= 0.6 is 0 Å². The fraction of sp³-hybridized carbons (Fsp3) is 0.591. The first kappa shape index (κ1) is 21.6. The molecule has 1 aliphatic heterocycles. The Morgan fingerprint density at radius 3 is 2.86 bits per heavy atom. The number of halogens is 1. The van der Waals surface area contributed by atoms with Crippen molar-refractivity contribution < 1.29 is 9.13 Å². The van der Waals surface area contributed by atoms with Gasteiger partial charge < -0.3 is 25.3 Å². The van der Waals surface area contributed by atoms with Gasteiger partial charge >= 0.3 is 0 Å². The van der Waals surface area contributed by atoms with E-state index in [0.717, 1.165) is 74.5 Å². The van der Waals surface area contributed by atoms with E-state index in [0.29, 0.717) is 12.1 Å². The Morgan fingerprint density at radius 2 is 2.14 bits per heavy atom. The normalized spacial score (nSPS) is 16.7. The Kier molecular flexibility index (Phi) is 7.89. The SMILES string of the molecule is CN=C(NCCc1c[nH]c2ccc(F)cc12)NC1CCN(CCOC(C)C)CC1. The minimum atomic E-state index is -0.203. The number of aromatic nitrogens is 1. The van der Waals surface area contributed by atoms with Gasteiger partial charge in [-0.3, -0.25) is 4.99 Å². The van der Waals surface area contributed by atoms with Crippen LogP contribution in [0.2, 0.25) is 0 Å². The number of piperidine rings is 1. The van der Waals surface area contributed by atoms with Crippen LogP contribution in [0.15, 0.2) is 29.4 Å². The van der Waals surface area contributed by atoms with E-state index in [2.05, 4.69) is 39.4 Å². The number of likely N-dealkylation sites (tertiary alicyclic amines) is 1. The quantitative estimate of drug-likeness (QED) is 0.468. The summed E-state index contributed by atoms with van der Waals surface area (Å²) in [7, 11) is 1.80. The van der Waals surface area contributed by atoms with Crippen LogP contribution in [0.5, 0.6) is 0 Å². The summed E-state index contributed by atoms with van der Waals surface area (Å²) in [6.45, 7) is 8.86. The zero-order valence-electron chi connectivity index (χ0n) is 17.8. The molecular weight excluding hydrogens is 369 g/mol. The molecule has 6 nitrogen and oxygen atoms in total. The molecule has 3 rings (SSSR count). The van der Waals surface area contributed by atoms with Crippen molar-refractivity contribution in [3.05, 3.63) is 35.8 Å². The number of aromatic amines is 1. The van der Waals surface area contributed by atoms with E-state index >= 15 is 0 Å². The molecule has 3 N–H and O–H groups in total. The van der Waals surface area contributed by atoms with Gasteiger partial charge in [-0.05, 0) is 56.9 Å². The van der Waals surface area contributed by atoms with Crippen LogP contribution in [0.3, 0.4) is 0 Å². The number of nitrogens with one attached hydrogen (secondary N) is 3. The maximum Gasteiger partial charge on any atom is 0.191 e. The molecule has 1 saturated heterocycles. The molecule has 0 bridgehead atoms. The predicted molar refractivity (Wildman–Crippen MR) is 117 cm³/mol. The summed E-state index contributed by atoms with van der Waals surface area (Å²) in [5.41, 5.74) is 2.08. The highest BCUT2D eigenvalue weighted by Crippen LogP contribution is 2.19. The Morgan fingerprint density at radius 1 is 1.34 bits per heavy atom. The minimum absolute atomic E-state index is 0.203. The molecular formula is C22H34FN5O. The van der Waals surface area contributed by atoms with E-state index in [1.165, 1.54) is 6.07 Å². The third-order valence-electron chi connectivity index (χ3n) is 5.43. The summed E-state index contributed by atoms with van der Waals surface area (Å²) >= 11 is 0. The number of aliphatic imine (C=N–C) groups is 1. The standard InChI is InChI=1S/C22H34FN5O/c1-16(2)29-13-12-28-10-7-19(8-11-28)27-22(24-3)25-9-6-17-15-26-21-5-4-18(23)14-20(17)21/h4-5,14-16,19,26H,6-13H2,1-3H3,(H2,24,25,27). The van der Waals surface area contributed by atoms with Crippen LogP contribution < -0.4 is 10.6 Å². The Hall–Kier alpha value is -2.12.